The second kappa shape index (κ2) is 8.31. The number of anilines is 2. The molecule has 0 saturated carbocycles. The van der Waals surface area contributed by atoms with Crippen LogP contribution >= 0.6 is 24.7 Å². The molecule has 2 unspecified atom stereocenters. The van der Waals surface area contributed by atoms with Gasteiger partial charge in [-0.2, -0.15) is 4.08 Å². The molecule has 28 heavy (non-hydrogen) atoms. The fraction of sp³-hybridized carbons (Fsp3) is 0.400. The summed E-state index contributed by atoms with van der Waals surface area (Å²) < 4.78 is 29.4. The molecule has 0 spiro atoms. The lowest BCUT2D eigenvalue weighted by molar-refractivity contribution is 0.293. The van der Waals surface area contributed by atoms with E-state index in [0.29, 0.717) is 16.7 Å². The van der Waals surface area contributed by atoms with Crippen LogP contribution in [0.5, 0.6) is 5.75 Å². The average Bonchev–Trinajstić information content (AvgIpc) is 2.73. The fourth-order valence-electron chi connectivity index (χ4n) is 3.79. The molecule has 1 aliphatic rings. The van der Waals surface area contributed by atoms with Crippen LogP contribution in [0.3, 0.4) is 0 Å². The Hall–Kier alpha value is -1.14. The Balaban J connectivity index is 2.30. The number of rotatable bonds is 5. The Labute approximate surface area is 177 Å². The zero-order valence-corrected chi connectivity index (χ0v) is 19.7. The Morgan fingerprint density at radius 1 is 1.25 bits per heavy atom. The van der Waals surface area contributed by atoms with Crippen LogP contribution in [0.15, 0.2) is 51.8 Å². The number of hydrogen-bond acceptors (Lipinski definition) is 4. The molecule has 3 rings (SSSR count). The van der Waals surface area contributed by atoms with Crippen molar-refractivity contribution < 1.29 is 13.5 Å². The highest BCUT2D eigenvalue weighted by Crippen LogP contribution is 2.48. The van der Waals surface area contributed by atoms with Crippen molar-refractivity contribution in [2.24, 2.45) is 0 Å². The number of benzene rings is 2. The molecule has 8 heteroatoms. The van der Waals surface area contributed by atoms with E-state index in [1.54, 1.807) is 10.1 Å². The third-order valence-electron chi connectivity index (χ3n) is 5.17. The van der Waals surface area contributed by atoms with Crippen molar-refractivity contribution in [2.75, 3.05) is 18.1 Å². The molecule has 0 bridgehead atoms. The van der Waals surface area contributed by atoms with Gasteiger partial charge in [-0.15, -0.1) is 0 Å². The highest BCUT2D eigenvalue weighted by atomic mass is 79.9. The summed E-state index contributed by atoms with van der Waals surface area (Å²) in [4.78, 5) is 2.21. The standard InChI is InChI=1S/C20H26BrN2O3PS/c1-4-5-11-20(2)14-22(15-9-7-6-8-10-15)17-12-16(21)18(24)13-19(17)28(25,26)23(20)27-3/h6-10,12-13,24,27H,4-5,11,14H2,1-3H3. The second-order valence-corrected chi connectivity index (χ2v) is 11.1. The van der Waals surface area contributed by atoms with Crippen molar-refractivity contribution in [3.8, 4) is 5.75 Å². The molecule has 0 radical (unpaired) electrons. The minimum atomic E-state index is -3.76. The van der Waals surface area contributed by atoms with Crippen molar-refractivity contribution in [2.45, 2.75) is 43.5 Å². The Morgan fingerprint density at radius 3 is 2.54 bits per heavy atom. The first kappa shape index (κ1) is 21.6. The molecule has 1 aliphatic heterocycles. The summed E-state index contributed by atoms with van der Waals surface area (Å²) >= 11 is 3.36. The Kier molecular flexibility index (Phi) is 6.40. The van der Waals surface area contributed by atoms with E-state index in [9.17, 15) is 13.5 Å². The van der Waals surface area contributed by atoms with Crippen molar-refractivity contribution in [1.82, 2.24) is 4.08 Å². The van der Waals surface area contributed by atoms with Gasteiger partial charge < -0.3 is 10.0 Å². The molecule has 0 saturated heterocycles. The van der Waals surface area contributed by atoms with Crippen molar-refractivity contribution in [3.05, 3.63) is 46.9 Å². The number of nitrogens with zero attached hydrogens (tertiary/aromatic N) is 2. The lowest BCUT2D eigenvalue weighted by Crippen LogP contribution is -2.49. The smallest absolute Gasteiger partial charge is 0.248 e. The lowest BCUT2D eigenvalue weighted by atomic mass is 9.95. The number of fused-ring (bicyclic) bond motifs is 1. The summed E-state index contributed by atoms with van der Waals surface area (Å²) in [7, 11) is -3.67. The maximum Gasteiger partial charge on any atom is 0.248 e. The van der Waals surface area contributed by atoms with E-state index < -0.39 is 15.6 Å². The van der Waals surface area contributed by atoms with E-state index >= 15 is 0 Å². The van der Waals surface area contributed by atoms with Gasteiger partial charge in [-0.25, -0.2) is 8.42 Å². The average molecular weight is 485 g/mol. The molecule has 1 N–H and O–H groups in total. The summed E-state index contributed by atoms with van der Waals surface area (Å²) in [5, 5.41) is 10.2. The normalized spacial score (nSPS) is 22.4. The van der Waals surface area contributed by atoms with Gasteiger partial charge in [0.1, 0.15) is 10.6 Å². The van der Waals surface area contributed by atoms with Crippen LogP contribution in [0.25, 0.3) is 0 Å². The van der Waals surface area contributed by atoms with Gasteiger partial charge in [0.25, 0.3) is 0 Å². The zero-order chi connectivity index (χ0) is 20.5. The molecular formula is C20H26BrN2O3PS. The highest BCUT2D eigenvalue weighted by molar-refractivity contribution is 9.10. The van der Waals surface area contributed by atoms with Gasteiger partial charge in [0, 0.05) is 18.3 Å². The van der Waals surface area contributed by atoms with Gasteiger partial charge in [0.2, 0.25) is 10.0 Å². The van der Waals surface area contributed by atoms with Gasteiger partial charge in [-0.05, 0) is 62.9 Å². The zero-order valence-electron chi connectivity index (χ0n) is 16.3. The van der Waals surface area contributed by atoms with E-state index in [2.05, 4.69) is 27.8 Å². The van der Waals surface area contributed by atoms with E-state index in [-0.39, 0.29) is 19.4 Å². The molecule has 0 aromatic heterocycles. The Morgan fingerprint density at radius 2 is 1.93 bits per heavy atom. The number of unbranched alkanes of at least 4 members (excludes halogenated alkanes) is 1. The SMILES string of the molecule is CCCCC1(C)CN(c2ccccc2)c2cc(Br)c(O)cc2S(=O)(=O)N1PC. The maximum absolute atomic E-state index is 13.7. The quantitative estimate of drug-likeness (QED) is 0.571. The van der Waals surface area contributed by atoms with E-state index in [4.69, 9.17) is 0 Å². The largest absolute Gasteiger partial charge is 0.507 e. The molecule has 2 aromatic carbocycles. The van der Waals surface area contributed by atoms with Gasteiger partial charge in [0.05, 0.1) is 15.7 Å². The van der Waals surface area contributed by atoms with Crippen LogP contribution in [0, 0.1) is 0 Å². The number of phenols is 1. The maximum atomic E-state index is 13.7. The number of para-hydroxylation sites is 1. The predicted octanol–water partition coefficient (Wildman–Crippen LogP) is 5.47. The van der Waals surface area contributed by atoms with Crippen molar-refractivity contribution >= 4 is 46.1 Å². The second-order valence-electron chi connectivity index (χ2n) is 7.29. The topological polar surface area (TPSA) is 60.9 Å². The molecular weight excluding hydrogens is 459 g/mol. The van der Waals surface area contributed by atoms with Crippen molar-refractivity contribution in [1.29, 1.82) is 0 Å². The summed E-state index contributed by atoms with van der Waals surface area (Å²) in [6, 6.07) is 12.9. The summed E-state index contributed by atoms with van der Waals surface area (Å²) in [5.41, 5.74) is 0.957. The number of hydrogen-bond donors (Lipinski definition) is 1. The number of halogens is 1. The highest BCUT2D eigenvalue weighted by Gasteiger charge is 2.45. The third kappa shape index (κ3) is 3.82. The monoisotopic (exact) mass is 484 g/mol. The van der Waals surface area contributed by atoms with Crippen LogP contribution < -0.4 is 4.90 Å². The fourth-order valence-corrected chi connectivity index (χ4v) is 7.72. The molecule has 152 valence electrons. The van der Waals surface area contributed by atoms with Gasteiger partial charge in [0.15, 0.2) is 0 Å². The molecule has 2 aromatic rings. The lowest BCUT2D eigenvalue weighted by Gasteiger charge is -2.40. The summed E-state index contributed by atoms with van der Waals surface area (Å²) in [5.74, 6) is -0.0770. The number of aromatic hydroxyl groups is 1. The van der Waals surface area contributed by atoms with Crippen LogP contribution in [0.1, 0.15) is 33.1 Å². The van der Waals surface area contributed by atoms with Crippen molar-refractivity contribution in [3.63, 3.8) is 0 Å². The Bertz CT molecular complexity index is 955. The van der Waals surface area contributed by atoms with E-state index in [0.717, 1.165) is 24.9 Å². The molecule has 2 atom stereocenters. The van der Waals surface area contributed by atoms with Crippen LogP contribution in [-0.2, 0) is 10.0 Å². The third-order valence-corrected chi connectivity index (χ3v) is 9.82. The molecule has 1 heterocycles. The van der Waals surface area contributed by atoms with Gasteiger partial charge in [-0.1, -0.05) is 38.0 Å². The first-order valence-electron chi connectivity index (χ1n) is 9.32. The van der Waals surface area contributed by atoms with Crippen LogP contribution in [0.2, 0.25) is 0 Å². The number of phenolic OH excluding ortho intramolecular Hbond substituents is 1. The first-order valence-corrected chi connectivity index (χ1v) is 13.0. The predicted molar refractivity (Wildman–Crippen MR) is 120 cm³/mol. The first-order chi connectivity index (χ1) is 13.2. The van der Waals surface area contributed by atoms with Gasteiger partial charge in [-0.3, -0.25) is 0 Å². The number of sulfonamides is 1. The minimum absolute atomic E-state index is 0.0770. The molecule has 0 aliphatic carbocycles. The molecule has 5 nitrogen and oxygen atoms in total. The van der Waals surface area contributed by atoms with Crippen LogP contribution in [-0.4, -0.2) is 36.3 Å². The van der Waals surface area contributed by atoms with Gasteiger partial charge >= 0.3 is 0 Å². The van der Waals surface area contributed by atoms with E-state index in [1.807, 2.05) is 43.9 Å². The molecule has 0 fully saturated rings. The summed E-state index contributed by atoms with van der Waals surface area (Å²) in [6.45, 7) is 6.60. The summed E-state index contributed by atoms with van der Waals surface area (Å²) in [6.07, 6.45) is 2.72. The molecule has 0 amide bonds. The minimum Gasteiger partial charge on any atom is -0.507 e. The van der Waals surface area contributed by atoms with Crippen LogP contribution in [0.4, 0.5) is 11.4 Å². The van der Waals surface area contributed by atoms with E-state index in [1.165, 1.54) is 6.07 Å².